The second kappa shape index (κ2) is 6.05. The highest BCUT2D eigenvalue weighted by Crippen LogP contribution is 2.28. The molecule has 0 heterocycles. The molecular weight excluding hydrogens is 320 g/mol. The van der Waals surface area contributed by atoms with E-state index in [-0.39, 0.29) is 10.6 Å². The molecule has 0 radical (unpaired) electrons. The second-order valence-corrected chi connectivity index (χ2v) is 5.56. The van der Waals surface area contributed by atoms with Crippen molar-refractivity contribution in [3.05, 3.63) is 67.7 Å². The summed E-state index contributed by atoms with van der Waals surface area (Å²) in [6.07, 6.45) is 0. The first-order valence-corrected chi connectivity index (χ1v) is 7.01. The van der Waals surface area contributed by atoms with Crippen LogP contribution in [0.15, 0.2) is 40.9 Å². The Morgan fingerprint density at radius 3 is 2.45 bits per heavy atom. The van der Waals surface area contributed by atoms with Crippen LogP contribution in [0.4, 0.5) is 11.4 Å². The Balaban J connectivity index is 2.25. The second-order valence-electron chi connectivity index (χ2n) is 4.64. The van der Waals surface area contributed by atoms with Gasteiger partial charge in [-0.15, -0.1) is 0 Å². The van der Waals surface area contributed by atoms with Gasteiger partial charge in [-0.2, -0.15) is 0 Å². The summed E-state index contributed by atoms with van der Waals surface area (Å²) in [4.78, 5) is 10.7. The van der Waals surface area contributed by atoms with Crippen LogP contribution in [0.5, 0.6) is 0 Å². The number of nitrogens with one attached hydrogen (secondary N) is 1. The summed E-state index contributed by atoms with van der Waals surface area (Å²) in [5.74, 6) is 0. The Morgan fingerprint density at radius 1 is 1.20 bits per heavy atom. The number of rotatable bonds is 4. The van der Waals surface area contributed by atoms with Gasteiger partial charge in [-0.1, -0.05) is 34.1 Å². The van der Waals surface area contributed by atoms with Gasteiger partial charge in [0.1, 0.15) is 5.69 Å². The van der Waals surface area contributed by atoms with Gasteiger partial charge < -0.3 is 5.32 Å². The average molecular weight is 335 g/mol. The van der Waals surface area contributed by atoms with Gasteiger partial charge in [0.2, 0.25) is 0 Å². The lowest BCUT2D eigenvalue weighted by atomic mass is 10.0. The molecule has 4 nitrogen and oxygen atoms in total. The van der Waals surface area contributed by atoms with Crippen molar-refractivity contribution in [2.45, 2.75) is 20.4 Å². The molecule has 1 N–H and O–H groups in total. The molecule has 5 heteroatoms. The predicted octanol–water partition coefficient (Wildman–Crippen LogP) is 4.59. The van der Waals surface area contributed by atoms with Crippen LogP contribution in [0.2, 0.25) is 0 Å². The maximum atomic E-state index is 11.1. The van der Waals surface area contributed by atoms with Gasteiger partial charge in [0, 0.05) is 17.1 Å². The maximum absolute atomic E-state index is 11.1. The molecular formula is C15H15BrN2O2. The highest BCUT2D eigenvalue weighted by atomic mass is 79.9. The number of benzene rings is 2. The number of anilines is 1. The molecule has 104 valence electrons. The molecule has 2 aromatic carbocycles. The summed E-state index contributed by atoms with van der Waals surface area (Å²) in [7, 11) is 0. The topological polar surface area (TPSA) is 55.2 Å². The highest BCUT2D eigenvalue weighted by Gasteiger charge is 2.14. The quantitative estimate of drug-likeness (QED) is 0.657. The first kappa shape index (κ1) is 14.5. The monoisotopic (exact) mass is 334 g/mol. The third-order valence-electron chi connectivity index (χ3n) is 3.26. The Morgan fingerprint density at radius 2 is 1.85 bits per heavy atom. The summed E-state index contributed by atoms with van der Waals surface area (Å²) in [5, 5.41) is 14.2. The highest BCUT2D eigenvalue weighted by molar-refractivity contribution is 9.10. The third-order valence-corrected chi connectivity index (χ3v) is 3.75. The van der Waals surface area contributed by atoms with E-state index in [9.17, 15) is 10.1 Å². The third kappa shape index (κ3) is 3.17. The number of halogens is 1. The van der Waals surface area contributed by atoms with Crippen molar-refractivity contribution in [1.29, 1.82) is 0 Å². The fraction of sp³-hybridized carbons (Fsp3) is 0.200. The molecule has 0 aliphatic rings. The van der Waals surface area contributed by atoms with Crippen LogP contribution in [-0.4, -0.2) is 4.92 Å². The van der Waals surface area contributed by atoms with E-state index in [1.165, 1.54) is 22.8 Å². The molecule has 20 heavy (non-hydrogen) atoms. The van der Waals surface area contributed by atoms with Crippen molar-refractivity contribution in [3.8, 4) is 0 Å². The smallest absolute Gasteiger partial charge is 0.293 e. The van der Waals surface area contributed by atoms with Crippen LogP contribution < -0.4 is 5.32 Å². The molecule has 0 aromatic heterocycles. The SMILES string of the molecule is Cc1cccc(C)c1CNc1ccc(Br)cc1[N+](=O)[O-]. The molecule has 0 saturated carbocycles. The minimum absolute atomic E-state index is 0.0746. The van der Waals surface area contributed by atoms with Crippen LogP contribution in [-0.2, 0) is 6.54 Å². The Kier molecular flexibility index (Phi) is 4.39. The lowest BCUT2D eigenvalue weighted by Gasteiger charge is -2.12. The van der Waals surface area contributed by atoms with Crippen molar-refractivity contribution < 1.29 is 4.92 Å². The van der Waals surface area contributed by atoms with E-state index in [1.54, 1.807) is 12.1 Å². The van der Waals surface area contributed by atoms with Crippen molar-refractivity contribution in [1.82, 2.24) is 0 Å². The van der Waals surface area contributed by atoms with Crippen molar-refractivity contribution >= 4 is 27.3 Å². The number of hydrogen-bond donors (Lipinski definition) is 1. The van der Waals surface area contributed by atoms with Gasteiger partial charge in [-0.05, 0) is 42.7 Å². The molecule has 2 aromatic rings. The van der Waals surface area contributed by atoms with E-state index in [2.05, 4.69) is 21.2 Å². The molecule has 0 aliphatic carbocycles. The Bertz CT molecular complexity index is 636. The average Bonchev–Trinajstić information content (AvgIpc) is 2.39. The van der Waals surface area contributed by atoms with Crippen LogP contribution in [0.1, 0.15) is 16.7 Å². The van der Waals surface area contributed by atoms with E-state index < -0.39 is 0 Å². The van der Waals surface area contributed by atoms with E-state index in [1.807, 2.05) is 32.0 Å². The Labute approximate surface area is 126 Å². The standard InChI is InChI=1S/C15H15BrN2O2/c1-10-4-3-5-11(2)13(10)9-17-14-7-6-12(16)8-15(14)18(19)20/h3-8,17H,9H2,1-2H3. The number of nitrogens with zero attached hydrogens (tertiary/aromatic N) is 1. The van der Waals surface area contributed by atoms with E-state index >= 15 is 0 Å². The normalized spacial score (nSPS) is 10.3. The molecule has 0 spiro atoms. The fourth-order valence-electron chi connectivity index (χ4n) is 2.12. The first-order chi connectivity index (χ1) is 9.49. The zero-order valence-electron chi connectivity index (χ0n) is 11.3. The number of aryl methyl sites for hydroxylation is 2. The minimum atomic E-state index is -0.377. The van der Waals surface area contributed by atoms with E-state index in [4.69, 9.17) is 0 Å². The van der Waals surface area contributed by atoms with Crippen LogP contribution in [0.3, 0.4) is 0 Å². The zero-order chi connectivity index (χ0) is 14.7. The molecule has 0 bridgehead atoms. The van der Waals surface area contributed by atoms with Gasteiger partial charge in [0.25, 0.3) is 5.69 Å². The lowest BCUT2D eigenvalue weighted by molar-refractivity contribution is -0.384. The number of hydrogen-bond acceptors (Lipinski definition) is 3. The predicted molar refractivity (Wildman–Crippen MR) is 84.0 cm³/mol. The molecule has 0 amide bonds. The molecule has 0 unspecified atom stereocenters. The minimum Gasteiger partial charge on any atom is -0.375 e. The van der Waals surface area contributed by atoms with Crippen molar-refractivity contribution in [2.75, 3.05) is 5.32 Å². The summed E-state index contributed by atoms with van der Waals surface area (Å²) >= 11 is 3.25. The fourth-order valence-corrected chi connectivity index (χ4v) is 2.47. The zero-order valence-corrected chi connectivity index (χ0v) is 12.9. The van der Waals surface area contributed by atoms with Crippen LogP contribution >= 0.6 is 15.9 Å². The van der Waals surface area contributed by atoms with Gasteiger partial charge >= 0.3 is 0 Å². The van der Waals surface area contributed by atoms with E-state index in [0.717, 1.165) is 0 Å². The Hall–Kier alpha value is -1.88. The number of nitro benzene ring substituents is 1. The van der Waals surface area contributed by atoms with Crippen molar-refractivity contribution in [3.63, 3.8) is 0 Å². The van der Waals surface area contributed by atoms with Gasteiger partial charge in [0.05, 0.1) is 4.92 Å². The van der Waals surface area contributed by atoms with Gasteiger partial charge in [-0.3, -0.25) is 10.1 Å². The first-order valence-electron chi connectivity index (χ1n) is 6.22. The summed E-state index contributed by atoms with van der Waals surface area (Å²) in [6, 6.07) is 11.1. The summed E-state index contributed by atoms with van der Waals surface area (Å²) in [5.41, 5.74) is 4.13. The number of nitro groups is 1. The molecule has 0 saturated heterocycles. The largest absolute Gasteiger partial charge is 0.375 e. The summed E-state index contributed by atoms with van der Waals surface area (Å²) in [6.45, 7) is 4.65. The van der Waals surface area contributed by atoms with Crippen molar-refractivity contribution in [2.24, 2.45) is 0 Å². The molecule has 2 rings (SSSR count). The van der Waals surface area contributed by atoms with Crippen LogP contribution in [0.25, 0.3) is 0 Å². The molecule has 0 aliphatic heterocycles. The lowest BCUT2D eigenvalue weighted by Crippen LogP contribution is -2.05. The van der Waals surface area contributed by atoms with Gasteiger partial charge in [-0.25, -0.2) is 0 Å². The molecule has 0 atom stereocenters. The molecule has 0 fully saturated rings. The van der Waals surface area contributed by atoms with Gasteiger partial charge in [0.15, 0.2) is 0 Å². The summed E-state index contributed by atoms with van der Waals surface area (Å²) < 4.78 is 0.696. The van der Waals surface area contributed by atoms with E-state index in [0.29, 0.717) is 16.7 Å². The maximum Gasteiger partial charge on any atom is 0.293 e. The van der Waals surface area contributed by atoms with Crippen LogP contribution in [0, 0.1) is 24.0 Å².